The van der Waals surface area contributed by atoms with Crippen molar-refractivity contribution in [3.8, 4) is 0 Å². The Morgan fingerprint density at radius 3 is 2.50 bits per heavy atom. The number of aryl methyl sites for hydroxylation is 3. The van der Waals surface area contributed by atoms with Gasteiger partial charge in [0.25, 0.3) is 5.91 Å². The number of hydrogen-bond donors (Lipinski definition) is 1. The maximum Gasteiger partial charge on any atom is 0.255 e. The van der Waals surface area contributed by atoms with E-state index >= 15 is 0 Å². The lowest BCUT2D eigenvalue weighted by molar-refractivity contribution is 0.0949. The van der Waals surface area contributed by atoms with Crippen molar-refractivity contribution in [2.75, 3.05) is 0 Å². The van der Waals surface area contributed by atoms with Gasteiger partial charge in [0.15, 0.2) is 0 Å². The summed E-state index contributed by atoms with van der Waals surface area (Å²) in [7, 11) is 1.89. The lowest BCUT2D eigenvalue weighted by Crippen LogP contribution is -2.24. The van der Waals surface area contributed by atoms with Gasteiger partial charge in [0.2, 0.25) is 0 Å². The standard InChI is InChI=1S/C14H21N5O/c1-6-19-11(4)13(9(2)17-19)14(20)15-7-12-8-16-18(5)10(12)3/h8H,6-7H2,1-5H3,(H,15,20). The van der Waals surface area contributed by atoms with Crippen LogP contribution < -0.4 is 5.32 Å². The van der Waals surface area contributed by atoms with E-state index < -0.39 is 0 Å². The summed E-state index contributed by atoms with van der Waals surface area (Å²) in [4.78, 5) is 12.3. The maximum absolute atomic E-state index is 12.3. The molecule has 0 saturated heterocycles. The van der Waals surface area contributed by atoms with Gasteiger partial charge in [0.05, 0.1) is 17.5 Å². The average molecular weight is 275 g/mol. The van der Waals surface area contributed by atoms with Gasteiger partial charge in [-0.05, 0) is 27.7 Å². The van der Waals surface area contributed by atoms with Crippen molar-refractivity contribution in [2.45, 2.75) is 40.8 Å². The molecule has 0 aliphatic rings. The first-order valence-corrected chi connectivity index (χ1v) is 6.75. The van der Waals surface area contributed by atoms with Gasteiger partial charge in [-0.15, -0.1) is 0 Å². The summed E-state index contributed by atoms with van der Waals surface area (Å²) in [6.45, 7) is 9.04. The lowest BCUT2D eigenvalue weighted by Gasteiger charge is -2.06. The number of nitrogens with one attached hydrogen (secondary N) is 1. The largest absolute Gasteiger partial charge is 0.348 e. The summed E-state index contributed by atoms with van der Waals surface area (Å²) in [5, 5.41) is 11.5. The van der Waals surface area contributed by atoms with E-state index in [0.717, 1.165) is 29.2 Å². The van der Waals surface area contributed by atoms with Gasteiger partial charge >= 0.3 is 0 Å². The highest BCUT2D eigenvalue weighted by Crippen LogP contribution is 2.13. The molecule has 0 radical (unpaired) electrons. The summed E-state index contributed by atoms with van der Waals surface area (Å²) < 4.78 is 3.65. The Balaban J connectivity index is 2.13. The molecule has 0 saturated carbocycles. The molecule has 6 nitrogen and oxygen atoms in total. The number of rotatable bonds is 4. The highest BCUT2D eigenvalue weighted by molar-refractivity contribution is 5.96. The Bertz CT molecular complexity index is 638. The molecule has 0 aliphatic heterocycles. The van der Waals surface area contributed by atoms with Crippen molar-refractivity contribution in [1.82, 2.24) is 24.9 Å². The predicted molar refractivity (Wildman–Crippen MR) is 76.5 cm³/mol. The van der Waals surface area contributed by atoms with Crippen LogP contribution >= 0.6 is 0 Å². The molecule has 2 heterocycles. The van der Waals surface area contributed by atoms with Gasteiger partial charge in [-0.3, -0.25) is 14.2 Å². The predicted octanol–water partition coefficient (Wildman–Crippen LogP) is 1.49. The van der Waals surface area contributed by atoms with Crippen LogP contribution in [0.1, 0.15) is 39.9 Å². The van der Waals surface area contributed by atoms with Crippen LogP contribution in [-0.4, -0.2) is 25.5 Å². The second kappa shape index (κ2) is 5.48. The number of carbonyl (C=O) groups excluding carboxylic acids is 1. The quantitative estimate of drug-likeness (QED) is 0.919. The van der Waals surface area contributed by atoms with Crippen LogP contribution in [0.25, 0.3) is 0 Å². The third-order valence-electron chi connectivity index (χ3n) is 3.68. The van der Waals surface area contributed by atoms with Gasteiger partial charge < -0.3 is 5.32 Å². The summed E-state index contributed by atoms with van der Waals surface area (Å²) in [5.74, 6) is -0.0806. The molecule has 2 rings (SSSR count). The van der Waals surface area contributed by atoms with E-state index in [4.69, 9.17) is 0 Å². The van der Waals surface area contributed by atoms with E-state index in [1.165, 1.54) is 0 Å². The van der Waals surface area contributed by atoms with Crippen molar-refractivity contribution in [1.29, 1.82) is 0 Å². The van der Waals surface area contributed by atoms with Crippen LogP contribution in [0.5, 0.6) is 0 Å². The molecular weight excluding hydrogens is 254 g/mol. The molecule has 0 spiro atoms. The smallest absolute Gasteiger partial charge is 0.255 e. The SMILES string of the molecule is CCn1nc(C)c(C(=O)NCc2cnn(C)c2C)c1C. The zero-order chi connectivity index (χ0) is 14.9. The summed E-state index contributed by atoms with van der Waals surface area (Å²) in [6, 6.07) is 0. The molecule has 2 aromatic heterocycles. The highest BCUT2D eigenvalue weighted by Gasteiger charge is 2.18. The molecule has 108 valence electrons. The van der Waals surface area contributed by atoms with E-state index in [2.05, 4.69) is 15.5 Å². The minimum Gasteiger partial charge on any atom is -0.348 e. The van der Waals surface area contributed by atoms with Crippen LogP contribution in [0.4, 0.5) is 0 Å². The zero-order valence-corrected chi connectivity index (χ0v) is 12.7. The fourth-order valence-electron chi connectivity index (χ4n) is 2.32. The molecule has 0 aromatic carbocycles. The summed E-state index contributed by atoms with van der Waals surface area (Å²) >= 11 is 0. The zero-order valence-electron chi connectivity index (χ0n) is 12.7. The molecular formula is C14H21N5O. The summed E-state index contributed by atoms with van der Waals surface area (Å²) in [6.07, 6.45) is 1.78. The minimum atomic E-state index is -0.0806. The number of aromatic nitrogens is 4. The van der Waals surface area contributed by atoms with E-state index in [0.29, 0.717) is 12.1 Å². The average Bonchev–Trinajstić information content (AvgIpc) is 2.88. The van der Waals surface area contributed by atoms with Gasteiger partial charge in [-0.25, -0.2) is 0 Å². The fourth-order valence-corrected chi connectivity index (χ4v) is 2.32. The van der Waals surface area contributed by atoms with Crippen molar-refractivity contribution < 1.29 is 4.79 Å². The van der Waals surface area contributed by atoms with Crippen molar-refractivity contribution in [2.24, 2.45) is 7.05 Å². The Kier molecular flexibility index (Phi) is 3.92. The van der Waals surface area contributed by atoms with E-state index in [1.54, 1.807) is 10.9 Å². The number of amides is 1. The molecule has 0 aliphatic carbocycles. The number of hydrogen-bond acceptors (Lipinski definition) is 3. The fraction of sp³-hybridized carbons (Fsp3) is 0.500. The molecule has 0 bridgehead atoms. The van der Waals surface area contributed by atoms with Crippen molar-refractivity contribution in [3.63, 3.8) is 0 Å². The maximum atomic E-state index is 12.3. The van der Waals surface area contributed by atoms with E-state index in [1.807, 2.05) is 39.4 Å². The number of nitrogens with zero attached hydrogens (tertiary/aromatic N) is 4. The Morgan fingerprint density at radius 2 is 2.00 bits per heavy atom. The topological polar surface area (TPSA) is 64.7 Å². The van der Waals surface area contributed by atoms with E-state index in [-0.39, 0.29) is 5.91 Å². The Hall–Kier alpha value is -2.11. The minimum absolute atomic E-state index is 0.0806. The van der Waals surface area contributed by atoms with Gasteiger partial charge in [0, 0.05) is 37.1 Å². The van der Waals surface area contributed by atoms with E-state index in [9.17, 15) is 4.79 Å². The van der Waals surface area contributed by atoms with Crippen molar-refractivity contribution >= 4 is 5.91 Å². The van der Waals surface area contributed by atoms with Gasteiger partial charge in [-0.1, -0.05) is 0 Å². The first kappa shape index (κ1) is 14.3. The Morgan fingerprint density at radius 1 is 1.30 bits per heavy atom. The second-order valence-corrected chi connectivity index (χ2v) is 4.92. The number of carbonyl (C=O) groups is 1. The molecule has 0 unspecified atom stereocenters. The van der Waals surface area contributed by atoms with Crippen LogP contribution in [0.2, 0.25) is 0 Å². The normalized spacial score (nSPS) is 10.8. The molecule has 20 heavy (non-hydrogen) atoms. The molecule has 1 N–H and O–H groups in total. The molecule has 1 amide bonds. The highest BCUT2D eigenvalue weighted by atomic mass is 16.1. The van der Waals surface area contributed by atoms with Crippen LogP contribution in [0.15, 0.2) is 6.20 Å². The van der Waals surface area contributed by atoms with Gasteiger partial charge in [-0.2, -0.15) is 10.2 Å². The summed E-state index contributed by atoms with van der Waals surface area (Å²) in [5.41, 5.74) is 4.44. The third-order valence-corrected chi connectivity index (χ3v) is 3.68. The van der Waals surface area contributed by atoms with Crippen LogP contribution in [0, 0.1) is 20.8 Å². The third kappa shape index (κ3) is 2.45. The lowest BCUT2D eigenvalue weighted by atomic mass is 10.1. The van der Waals surface area contributed by atoms with Gasteiger partial charge in [0.1, 0.15) is 0 Å². The monoisotopic (exact) mass is 275 g/mol. The molecule has 0 fully saturated rings. The Labute approximate surface area is 118 Å². The van der Waals surface area contributed by atoms with Crippen LogP contribution in [-0.2, 0) is 20.1 Å². The molecule has 6 heteroatoms. The second-order valence-electron chi connectivity index (χ2n) is 4.92. The molecule has 0 atom stereocenters. The molecule has 2 aromatic rings. The first-order valence-electron chi connectivity index (χ1n) is 6.75. The van der Waals surface area contributed by atoms with Crippen LogP contribution in [0.3, 0.4) is 0 Å². The van der Waals surface area contributed by atoms with Crippen molar-refractivity contribution in [3.05, 3.63) is 34.4 Å². The first-order chi connectivity index (χ1) is 9.45.